The number of thiophene rings is 1. The van der Waals surface area contributed by atoms with Gasteiger partial charge in [0.25, 0.3) is 5.91 Å². The Morgan fingerprint density at radius 2 is 1.91 bits per heavy atom. The van der Waals surface area contributed by atoms with Crippen LogP contribution in [0.25, 0.3) is 37.0 Å². The summed E-state index contributed by atoms with van der Waals surface area (Å²) in [6.45, 7) is 2.36. The summed E-state index contributed by atoms with van der Waals surface area (Å²) in [7, 11) is 1.62. The molecule has 0 aliphatic rings. The van der Waals surface area contributed by atoms with Crippen molar-refractivity contribution in [3.8, 4) is 16.8 Å². The number of hydrogen-bond donors (Lipinski definition) is 1. The van der Waals surface area contributed by atoms with Crippen molar-refractivity contribution in [2.45, 2.75) is 13.0 Å². The summed E-state index contributed by atoms with van der Waals surface area (Å²) < 4.78 is 9.49. The molecule has 160 valence electrons. The lowest BCUT2D eigenvalue weighted by Gasteiger charge is -2.14. The number of benzene rings is 3. The van der Waals surface area contributed by atoms with Crippen molar-refractivity contribution >= 4 is 37.4 Å². The normalized spacial score (nSPS) is 12.3. The first-order chi connectivity index (χ1) is 15.7. The van der Waals surface area contributed by atoms with Crippen LogP contribution in [0.15, 0.2) is 79.3 Å². The summed E-state index contributed by atoms with van der Waals surface area (Å²) >= 11 is 1.81. The van der Waals surface area contributed by atoms with Crippen LogP contribution in [0.4, 0.5) is 0 Å². The van der Waals surface area contributed by atoms with Crippen molar-refractivity contribution in [1.29, 1.82) is 0 Å². The summed E-state index contributed by atoms with van der Waals surface area (Å²) in [5.41, 5.74) is 3.67. The highest BCUT2D eigenvalue weighted by atomic mass is 32.1. The highest BCUT2D eigenvalue weighted by Gasteiger charge is 2.16. The maximum Gasteiger partial charge on any atom is 0.270 e. The van der Waals surface area contributed by atoms with E-state index in [1.165, 1.54) is 25.7 Å². The molecule has 1 atom stereocenters. The fourth-order valence-electron chi connectivity index (χ4n) is 4.06. The van der Waals surface area contributed by atoms with E-state index >= 15 is 0 Å². The average Bonchev–Trinajstić information content (AvgIpc) is 3.44. The number of hydrogen-bond acceptors (Lipinski definition) is 4. The molecule has 5 aromatic rings. The molecule has 0 saturated heterocycles. The summed E-state index contributed by atoms with van der Waals surface area (Å²) in [6, 6.07) is 23.1. The number of carbonyl (C=O) groups is 1. The van der Waals surface area contributed by atoms with Gasteiger partial charge in [0.1, 0.15) is 5.69 Å². The number of methoxy groups -OCH3 is 1. The second-order valence-electron chi connectivity index (χ2n) is 7.81. The highest BCUT2D eigenvalue weighted by Crippen LogP contribution is 2.40. The Hall–Kier alpha value is -3.48. The lowest BCUT2D eigenvalue weighted by atomic mass is 10.0. The van der Waals surface area contributed by atoms with Crippen LogP contribution in [0.3, 0.4) is 0 Å². The SMILES string of the molecule is COC[C@H](C)NC(=O)c1cncn1-c1cccc(-c2cccc3c2sc2ccccc23)c1. The summed E-state index contributed by atoms with van der Waals surface area (Å²) in [4.78, 5) is 17.0. The number of carbonyl (C=O) groups excluding carboxylic acids is 1. The molecule has 0 radical (unpaired) electrons. The molecule has 5 nitrogen and oxygen atoms in total. The van der Waals surface area contributed by atoms with Gasteiger partial charge in [0.15, 0.2) is 0 Å². The molecule has 0 aliphatic carbocycles. The molecular weight excluding hydrogens is 418 g/mol. The van der Waals surface area contributed by atoms with E-state index in [0.717, 1.165) is 11.3 Å². The maximum atomic E-state index is 12.8. The Bertz CT molecular complexity index is 1420. The number of ether oxygens (including phenoxy) is 1. The predicted octanol–water partition coefficient (Wildman–Crippen LogP) is 5.67. The fourth-order valence-corrected chi connectivity index (χ4v) is 5.29. The van der Waals surface area contributed by atoms with Crippen LogP contribution >= 0.6 is 11.3 Å². The van der Waals surface area contributed by atoms with E-state index in [1.54, 1.807) is 19.6 Å². The van der Waals surface area contributed by atoms with Gasteiger partial charge in [0.2, 0.25) is 0 Å². The van der Waals surface area contributed by atoms with E-state index in [2.05, 4.69) is 64.9 Å². The predicted molar refractivity (Wildman–Crippen MR) is 131 cm³/mol. The van der Waals surface area contributed by atoms with E-state index < -0.39 is 0 Å². The van der Waals surface area contributed by atoms with E-state index in [0.29, 0.717) is 12.3 Å². The number of nitrogens with zero attached hydrogens (tertiary/aromatic N) is 2. The molecule has 32 heavy (non-hydrogen) atoms. The molecule has 1 N–H and O–H groups in total. The average molecular weight is 442 g/mol. The van der Waals surface area contributed by atoms with Gasteiger partial charge in [-0.25, -0.2) is 4.98 Å². The van der Waals surface area contributed by atoms with Gasteiger partial charge in [0.05, 0.1) is 19.1 Å². The van der Waals surface area contributed by atoms with Gasteiger partial charge in [-0.05, 0) is 36.2 Å². The van der Waals surface area contributed by atoms with Crippen LogP contribution in [0.5, 0.6) is 0 Å². The van der Waals surface area contributed by atoms with E-state index in [9.17, 15) is 4.79 Å². The third-order valence-corrected chi connectivity index (χ3v) is 6.72. The van der Waals surface area contributed by atoms with Crippen LogP contribution in [-0.2, 0) is 4.74 Å². The quantitative estimate of drug-likeness (QED) is 0.369. The molecule has 0 bridgehead atoms. The third kappa shape index (κ3) is 3.68. The standard InChI is InChI=1S/C26H23N3O2S/c1-17(15-31-2)28-26(30)23-14-27-16-29(23)19-8-5-7-18(13-19)20-10-6-11-22-21-9-3-4-12-24(21)32-25(20)22/h3-14,16-17H,15H2,1-2H3,(H,28,30)/t17-/m0/s1. The van der Waals surface area contributed by atoms with Crippen molar-refractivity contribution in [3.05, 3.63) is 84.9 Å². The number of amides is 1. The van der Waals surface area contributed by atoms with Crippen molar-refractivity contribution in [3.63, 3.8) is 0 Å². The minimum absolute atomic E-state index is 0.0900. The van der Waals surface area contributed by atoms with Gasteiger partial charge in [-0.3, -0.25) is 9.36 Å². The zero-order chi connectivity index (χ0) is 22.1. The Labute approximate surface area is 190 Å². The molecule has 1 amide bonds. The van der Waals surface area contributed by atoms with Crippen molar-refractivity contribution < 1.29 is 9.53 Å². The lowest BCUT2D eigenvalue weighted by molar-refractivity contribution is 0.0898. The van der Waals surface area contributed by atoms with Crippen LogP contribution in [0.2, 0.25) is 0 Å². The Morgan fingerprint density at radius 1 is 1.09 bits per heavy atom. The molecule has 0 unspecified atom stereocenters. The van der Waals surface area contributed by atoms with Gasteiger partial charge in [-0.2, -0.15) is 0 Å². The number of rotatable bonds is 6. The first kappa shape index (κ1) is 20.4. The molecule has 6 heteroatoms. The van der Waals surface area contributed by atoms with Gasteiger partial charge in [-0.1, -0.05) is 48.5 Å². The summed E-state index contributed by atoms with van der Waals surface area (Å²) in [6.07, 6.45) is 3.27. The zero-order valence-corrected chi connectivity index (χ0v) is 18.7. The second kappa shape index (κ2) is 8.57. The molecule has 2 aromatic heterocycles. The minimum atomic E-state index is -0.177. The molecule has 0 fully saturated rings. The summed E-state index contributed by atoms with van der Waals surface area (Å²) in [5, 5.41) is 5.50. The molecule has 2 heterocycles. The lowest BCUT2D eigenvalue weighted by Crippen LogP contribution is -2.36. The second-order valence-corrected chi connectivity index (χ2v) is 8.86. The molecule has 0 saturated carbocycles. The Morgan fingerprint density at radius 3 is 2.78 bits per heavy atom. The van der Waals surface area contributed by atoms with Gasteiger partial charge in [-0.15, -0.1) is 11.3 Å². The van der Waals surface area contributed by atoms with Gasteiger partial charge < -0.3 is 10.1 Å². The smallest absolute Gasteiger partial charge is 0.270 e. The molecule has 5 rings (SSSR count). The number of imidazole rings is 1. The first-order valence-corrected chi connectivity index (χ1v) is 11.3. The topological polar surface area (TPSA) is 56.1 Å². The molecule has 3 aromatic carbocycles. The first-order valence-electron chi connectivity index (χ1n) is 10.5. The number of aromatic nitrogens is 2. The molecule has 0 aliphatic heterocycles. The van der Waals surface area contributed by atoms with Crippen LogP contribution < -0.4 is 5.32 Å². The Kier molecular flexibility index (Phi) is 5.47. The number of nitrogens with one attached hydrogen (secondary N) is 1. The van der Waals surface area contributed by atoms with Crippen molar-refractivity contribution in [2.24, 2.45) is 0 Å². The number of fused-ring (bicyclic) bond motifs is 3. The van der Waals surface area contributed by atoms with E-state index in [-0.39, 0.29) is 11.9 Å². The van der Waals surface area contributed by atoms with Gasteiger partial charge in [0, 0.05) is 39.0 Å². The van der Waals surface area contributed by atoms with Crippen LogP contribution in [0.1, 0.15) is 17.4 Å². The van der Waals surface area contributed by atoms with Gasteiger partial charge >= 0.3 is 0 Å². The third-order valence-electron chi connectivity index (χ3n) is 5.50. The molecule has 0 spiro atoms. The van der Waals surface area contributed by atoms with Crippen LogP contribution in [0, 0.1) is 0 Å². The largest absolute Gasteiger partial charge is 0.383 e. The summed E-state index contributed by atoms with van der Waals surface area (Å²) in [5.74, 6) is -0.177. The van der Waals surface area contributed by atoms with Crippen LogP contribution in [-0.4, -0.2) is 35.2 Å². The van der Waals surface area contributed by atoms with E-state index in [4.69, 9.17) is 4.74 Å². The van der Waals surface area contributed by atoms with Crippen molar-refractivity contribution in [1.82, 2.24) is 14.9 Å². The minimum Gasteiger partial charge on any atom is -0.383 e. The zero-order valence-electron chi connectivity index (χ0n) is 17.9. The van der Waals surface area contributed by atoms with E-state index in [1.807, 2.05) is 35.0 Å². The maximum absolute atomic E-state index is 12.8. The van der Waals surface area contributed by atoms with Crippen molar-refractivity contribution in [2.75, 3.05) is 13.7 Å². The monoisotopic (exact) mass is 441 g/mol. The highest BCUT2D eigenvalue weighted by molar-refractivity contribution is 7.26. The Balaban J connectivity index is 1.55. The molecular formula is C26H23N3O2S. The fraction of sp³-hybridized carbons (Fsp3) is 0.154.